The van der Waals surface area contributed by atoms with Crippen LogP contribution in [-0.4, -0.2) is 88.8 Å². The summed E-state index contributed by atoms with van der Waals surface area (Å²) >= 11 is 0. The quantitative estimate of drug-likeness (QED) is 0.115. The highest BCUT2D eigenvalue weighted by atomic mass is 16.6. The second kappa shape index (κ2) is 17.2. The van der Waals surface area contributed by atoms with Crippen LogP contribution in [0.2, 0.25) is 0 Å². The molecule has 10 atom stereocenters. The molecule has 328 valence electrons. The summed E-state index contributed by atoms with van der Waals surface area (Å²) in [6.07, 6.45) is -2.17. The van der Waals surface area contributed by atoms with Crippen LogP contribution in [0.4, 0.5) is 0 Å². The summed E-state index contributed by atoms with van der Waals surface area (Å²) in [6, 6.07) is 13.1. The van der Waals surface area contributed by atoms with Crippen LogP contribution in [0.3, 0.4) is 0 Å². The highest BCUT2D eigenvalue weighted by molar-refractivity contribution is 5.96. The summed E-state index contributed by atoms with van der Waals surface area (Å²) in [7, 11) is 1.14. The van der Waals surface area contributed by atoms with E-state index in [4.69, 9.17) is 32.8 Å². The molecule has 0 spiro atoms. The van der Waals surface area contributed by atoms with Crippen molar-refractivity contribution in [1.29, 1.82) is 0 Å². The number of fused-ring (bicyclic) bond motifs is 1. The number of carbonyl (C=O) groups is 7. The van der Waals surface area contributed by atoms with Crippen molar-refractivity contribution in [2.75, 3.05) is 7.11 Å². The molecule has 2 aliphatic carbocycles. The molecule has 1 N–H and O–H groups in total. The first-order valence-electron chi connectivity index (χ1n) is 19.8. The number of pyridine rings is 1. The maximum absolute atomic E-state index is 15.9. The van der Waals surface area contributed by atoms with Crippen molar-refractivity contribution in [3.8, 4) is 0 Å². The van der Waals surface area contributed by atoms with E-state index in [1.165, 1.54) is 63.0 Å². The number of carbonyl (C=O) groups excluding carboxylic acids is 7. The van der Waals surface area contributed by atoms with E-state index in [0.29, 0.717) is 5.56 Å². The molecule has 6 rings (SSSR count). The average Bonchev–Trinajstić information content (AvgIpc) is 3.77. The molecule has 0 radical (unpaired) electrons. The Hall–Kier alpha value is -6.42. The lowest BCUT2D eigenvalue weighted by Crippen LogP contribution is -2.76. The van der Waals surface area contributed by atoms with E-state index < -0.39 is 119 Å². The summed E-state index contributed by atoms with van der Waals surface area (Å²) in [4.78, 5) is 102. The van der Waals surface area contributed by atoms with Crippen molar-refractivity contribution in [1.82, 2.24) is 4.98 Å². The van der Waals surface area contributed by atoms with Crippen LogP contribution in [0.1, 0.15) is 82.0 Å². The lowest BCUT2D eigenvalue weighted by atomic mass is 9.42. The number of esters is 6. The summed E-state index contributed by atoms with van der Waals surface area (Å²) in [5.41, 5.74) is -7.14. The Morgan fingerprint density at radius 3 is 2.26 bits per heavy atom. The van der Waals surface area contributed by atoms with E-state index in [0.717, 1.165) is 27.0 Å². The zero-order valence-electron chi connectivity index (χ0n) is 35.4. The van der Waals surface area contributed by atoms with Gasteiger partial charge in [-0.15, -0.1) is 0 Å². The Morgan fingerprint density at radius 1 is 0.952 bits per heavy atom. The lowest BCUT2D eigenvalue weighted by Gasteiger charge is -2.65. The molecule has 2 saturated carbocycles. The number of aromatic nitrogens is 1. The fourth-order valence-corrected chi connectivity index (χ4v) is 10.0. The predicted molar refractivity (Wildman–Crippen MR) is 215 cm³/mol. The smallest absolute Gasteiger partial charge is 0.340 e. The van der Waals surface area contributed by atoms with Gasteiger partial charge in [-0.25, -0.2) is 9.59 Å². The summed E-state index contributed by atoms with van der Waals surface area (Å²) in [6.45, 7) is 12.6. The molecule has 16 heteroatoms. The van der Waals surface area contributed by atoms with Gasteiger partial charge >= 0.3 is 35.8 Å². The number of hydrogen-bond acceptors (Lipinski definition) is 16. The molecular weight excluding hydrogens is 806 g/mol. The third-order valence-corrected chi connectivity index (χ3v) is 12.9. The first-order valence-corrected chi connectivity index (χ1v) is 19.8. The Labute approximate surface area is 357 Å². The minimum absolute atomic E-state index is 0.0683. The number of hydrogen-bond donors (Lipinski definition) is 1. The van der Waals surface area contributed by atoms with Crippen LogP contribution < -0.4 is 0 Å². The lowest BCUT2D eigenvalue weighted by molar-refractivity contribution is -0.266. The van der Waals surface area contributed by atoms with Gasteiger partial charge in [0.25, 0.3) is 0 Å². The average molecular weight is 856 g/mol. The second-order valence-corrected chi connectivity index (χ2v) is 16.8. The van der Waals surface area contributed by atoms with Gasteiger partial charge in [0.15, 0.2) is 23.6 Å². The number of nitrogens with zero attached hydrogens (tertiary/aromatic N) is 1. The van der Waals surface area contributed by atoms with E-state index in [1.54, 1.807) is 44.2 Å². The number of ether oxygens (including phenoxy) is 6. The van der Waals surface area contributed by atoms with Crippen LogP contribution in [-0.2, 0) is 57.2 Å². The fraction of sp³-hybridized carbons (Fsp3) is 0.435. The minimum atomic E-state index is -2.23. The number of aliphatic hydroxyl groups excluding tert-OH is 1. The highest BCUT2D eigenvalue weighted by Gasteiger charge is 2.78. The van der Waals surface area contributed by atoms with Crippen LogP contribution in [0, 0.1) is 28.1 Å². The normalized spacial score (nSPS) is 31.5. The largest absolute Gasteiger partial charge is 0.472 e. The molecule has 3 aromatic rings. The van der Waals surface area contributed by atoms with Gasteiger partial charge in [-0.2, -0.15) is 0 Å². The second-order valence-electron chi connectivity index (χ2n) is 16.8. The molecule has 3 aliphatic rings. The van der Waals surface area contributed by atoms with Crippen molar-refractivity contribution < 1.29 is 71.5 Å². The van der Waals surface area contributed by atoms with Gasteiger partial charge in [0.2, 0.25) is 0 Å². The van der Waals surface area contributed by atoms with Gasteiger partial charge in [-0.1, -0.05) is 57.7 Å². The SMILES string of the molecule is C=C1[C@@H]([C@]2(C)[C@H](CC(=O)OC)C(C)(C)[C@H](O)[C@H](OC(=O)C=Cc3ccccc3)[C@@H]2OC(=O)c2cccnc2)C(=O)[C@H](OC(C)=O)[C@@]2(C)[C@H](c3ccoc3)OC(=O)C[C@@]12OC(C)=O. The number of ketones is 1. The zero-order chi connectivity index (χ0) is 45.4. The standard InChI is InChI=1S/C46H49NO15/c1-25-35(36(53)40(58-26(2)48)45(7)39(30-18-20-57-24-30)60-34(52)22-46(25,45)62-27(3)49)44(6)31(21-33(51)56-8)43(4,5)38(54)37(41(44)61-42(55)29-15-12-19-47-23-29)59-32(50)17-16-28-13-10-9-11-14-28/h9-20,23-24,31,35,37-41,54H,1,21-22H2,2-8H3/t31-,35-,37+,38-,39+,40+,41+,44+,45-,46-/m1/s1. The topological polar surface area (TPSA) is 221 Å². The van der Waals surface area contributed by atoms with E-state index in [-0.39, 0.29) is 16.7 Å². The van der Waals surface area contributed by atoms with Crippen LogP contribution in [0.25, 0.3) is 6.08 Å². The predicted octanol–water partition coefficient (Wildman–Crippen LogP) is 5.09. The molecule has 16 nitrogen and oxygen atoms in total. The van der Waals surface area contributed by atoms with E-state index in [2.05, 4.69) is 11.6 Å². The van der Waals surface area contributed by atoms with Crippen molar-refractivity contribution in [3.05, 3.63) is 108 Å². The maximum atomic E-state index is 15.9. The Bertz CT molecular complexity index is 2270. The number of furan rings is 1. The van der Waals surface area contributed by atoms with Crippen LogP contribution in [0.5, 0.6) is 0 Å². The van der Waals surface area contributed by atoms with Crippen molar-refractivity contribution >= 4 is 47.7 Å². The molecule has 0 amide bonds. The van der Waals surface area contributed by atoms with Gasteiger partial charge in [-0.05, 0) is 53.7 Å². The van der Waals surface area contributed by atoms with E-state index in [9.17, 15) is 33.9 Å². The van der Waals surface area contributed by atoms with Crippen molar-refractivity contribution in [2.45, 2.75) is 90.5 Å². The van der Waals surface area contributed by atoms with Gasteiger partial charge in [0, 0.05) is 49.7 Å². The molecule has 3 heterocycles. The number of aliphatic hydroxyl groups is 1. The molecule has 3 fully saturated rings. The Morgan fingerprint density at radius 2 is 1.66 bits per heavy atom. The van der Waals surface area contributed by atoms with Gasteiger partial charge < -0.3 is 37.9 Å². The molecule has 1 aliphatic heterocycles. The first-order chi connectivity index (χ1) is 29.2. The third kappa shape index (κ3) is 7.71. The van der Waals surface area contributed by atoms with Crippen LogP contribution in [0.15, 0.2) is 96.1 Å². The Balaban J connectivity index is 1.64. The molecule has 0 unspecified atom stereocenters. The van der Waals surface area contributed by atoms with Gasteiger partial charge in [0.05, 0.1) is 43.0 Å². The maximum Gasteiger partial charge on any atom is 0.340 e. The van der Waals surface area contributed by atoms with E-state index in [1.807, 2.05) is 0 Å². The highest BCUT2D eigenvalue weighted by Crippen LogP contribution is 2.68. The molecule has 62 heavy (non-hydrogen) atoms. The summed E-state index contributed by atoms with van der Waals surface area (Å²) < 4.78 is 40.9. The molecule has 0 bridgehead atoms. The van der Waals surface area contributed by atoms with Crippen molar-refractivity contribution in [3.63, 3.8) is 0 Å². The molecular formula is C46H49NO15. The minimum Gasteiger partial charge on any atom is -0.472 e. The number of benzene rings is 1. The van der Waals surface area contributed by atoms with Crippen LogP contribution >= 0.6 is 0 Å². The first kappa shape index (κ1) is 45.1. The third-order valence-electron chi connectivity index (χ3n) is 12.9. The fourth-order valence-electron chi connectivity index (χ4n) is 10.0. The number of rotatable bonds is 11. The van der Waals surface area contributed by atoms with E-state index >= 15 is 4.79 Å². The summed E-state index contributed by atoms with van der Waals surface area (Å²) in [5.74, 6) is -9.45. The Kier molecular flexibility index (Phi) is 12.5. The number of Topliss-reactive ketones (excluding diaryl/α,β-unsaturated/α-hetero) is 1. The van der Waals surface area contributed by atoms with Crippen molar-refractivity contribution in [2.24, 2.45) is 28.1 Å². The molecule has 2 aromatic heterocycles. The van der Waals surface area contributed by atoms with Gasteiger partial charge in [-0.3, -0.25) is 29.0 Å². The monoisotopic (exact) mass is 855 g/mol. The zero-order valence-corrected chi connectivity index (χ0v) is 35.4. The molecule has 1 saturated heterocycles. The summed E-state index contributed by atoms with van der Waals surface area (Å²) in [5, 5.41) is 12.4. The molecule has 1 aromatic carbocycles. The number of cyclic esters (lactones) is 1. The van der Waals surface area contributed by atoms with Gasteiger partial charge in [0.1, 0.15) is 18.3 Å². The number of methoxy groups -OCH3 is 1.